The maximum atomic E-state index is 12.0. The minimum Gasteiger partial charge on any atom is -0.494 e. The van der Waals surface area contributed by atoms with Gasteiger partial charge in [-0.3, -0.25) is 4.79 Å². The van der Waals surface area contributed by atoms with Crippen molar-refractivity contribution in [3.63, 3.8) is 0 Å². The second kappa shape index (κ2) is 7.28. The molecule has 1 unspecified atom stereocenters. The highest BCUT2D eigenvalue weighted by atomic mass is 32.2. The third kappa shape index (κ3) is 4.85. The fraction of sp³-hybridized carbons (Fsp3) is 0.500. The molecule has 1 aromatic carbocycles. The lowest BCUT2D eigenvalue weighted by Crippen LogP contribution is -2.36. The fourth-order valence-electron chi connectivity index (χ4n) is 1.95. The Hall–Kier alpha value is -1.56. The molecule has 6 heteroatoms. The number of ether oxygens (including phenoxy) is 1. The zero-order valence-corrected chi connectivity index (χ0v) is 12.5. The van der Waals surface area contributed by atoms with Crippen molar-refractivity contribution in [2.75, 3.05) is 12.4 Å². The molecular weight excluding hydrogens is 280 g/mol. The molecular formula is C14H20O5S. The predicted octanol–water partition coefficient (Wildman–Crippen LogP) is 1.98. The number of carbonyl (C=O) groups is 1. The molecule has 1 aromatic rings. The summed E-state index contributed by atoms with van der Waals surface area (Å²) in [5.41, 5.74) is 0. The highest BCUT2D eigenvalue weighted by molar-refractivity contribution is 7.92. The lowest BCUT2D eigenvalue weighted by molar-refractivity contribution is -0.137. The van der Waals surface area contributed by atoms with E-state index in [-0.39, 0.29) is 18.8 Å². The number of carboxylic acids is 1. The molecule has 0 spiro atoms. The summed E-state index contributed by atoms with van der Waals surface area (Å²) in [6.45, 7) is 3.43. The number of hydrogen-bond acceptors (Lipinski definition) is 4. The second-order valence-corrected chi connectivity index (χ2v) is 7.13. The largest absolute Gasteiger partial charge is 0.494 e. The number of sulfone groups is 1. The summed E-state index contributed by atoms with van der Waals surface area (Å²) >= 11 is 0. The van der Waals surface area contributed by atoms with E-state index in [1.54, 1.807) is 26.0 Å². The summed E-state index contributed by atoms with van der Waals surface area (Å²) in [5, 5.41) is 7.66. The molecule has 0 aromatic heterocycles. The van der Waals surface area contributed by atoms with Gasteiger partial charge in [0.2, 0.25) is 0 Å². The van der Waals surface area contributed by atoms with E-state index < -0.39 is 27.0 Å². The first-order valence-electron chi connectivity index (χ1n) is 6.47. The number of benzene rings is 1. The fourth-order valence-corrected chi connectivity index (χ4v) is 3.86. The Morgan fingerprint density at radius 1 is 1.25 bits per heavy atom. The molecule has 1 atom stereocenters. The van der Waals surface area contributed by atoms with E-state index in [1.165, 1.54) is 0 Å². The van der Waals surface area contributed by atoms with Gasteiger partial charge in [0.1, 0.15) is 5.75 Å². The van der Waals surface area contributed by atoms with Crippen molar-refractivity contribution in [3.05, 3.63) is 30.3 Å². The van der Waals surface area contributed by atoms with Gasteiger partial charge in [0.15, 0.2) is 15.1 Å². The molecule has 20 heavy (non-hydrogen) atoms. The molecule has 0 aliphatic rings. The van der Waals surface area contributed by atoms with Gasteiger partial charge in [-0.05, 0) is 24.5 Å². The highest BCUT2D eigenvalue weighted by Crippen LogP contribution is 2.15. The Bertz CT molecular complexity index is 522. The topological polar surface area (TPSA) is 80.7 Å². The lowest BCUT2D eigenvalue weighted by atomic mass is 10.1. The van der Waals surface area contributed by atoms with Gasteiger partial charge in [-0.1, -0.05) is 32.0 Å². The monoisotopic (exact) mass is 300 g/mol. The molecule has 0 heterocycles. The third-order valence-electron chi connectivity index (χ3n) is 2.82. The molecule has 0 saturated carbocycles. The maximum Gasteiger partial charge on any atom is 0.322 e. The molecule has 0 aliphatic carbocycles. The van der Waals surface area contributed by atoms with E-state index in [1.807, 2.05) is 18.2 Å². The number of para-hydroxylation sites is 1. The second-order valence-electron chi connectivity index (χ2n) is 4.88. The van der Waals surface area contributed by atoms with Crippen LogP contribution in [0.15, 0.2) is 30.3 Å². The normalized spacial score (nSPS) is 13.2. The minimum absolute atomic E-state index is 0.186. The predicted molar refractivity (Wildman–Crippen MR) is 76.6 cm³/mol. The molecule has 0 saturated heterocycles. The van der Waals surface area contributed by atoms with Crippen LogP contribution in [0.1, 0.15) is 20.3 Å². The van der Waals surface area contributed by atoms with Crippen LogP contribution in [0.3, 0.4) is 0 Å². The van der Waals surface area contributed by atoms with Gasteiger partial charge >= 0.3 is 5.97 Å². The number of rotatable bonds is 8. The van der Waals surface area contributed by atoms with Gasteiger partial charge in [-0.15, -0.1) is 0 Å². The Balaban J connectivity index is 2.49. The van der Waals surface area contributed by atoms with E-state index in [2.05, 4.69) is 0 Å². The zero-order valence-electron chi connectivity index (χ0n) is 11.7. The Morgan fingerprint density at radius 2 is 1.85 bits per heavy atom. The van der Waals surface area contributed by atoms with Crippen LogP contribution < -0.4 is 4.74 Å². The van der Waals surface area contributed by atoms with Crippen molar-refractivity contribution in [2.24, 2.45) is 5.92 Å². The first-order valence-corrected chi connectivity index (χ1v) is 8.18. The summed E-state index contributed by atoms with van der Waals surface area (Å²) < 4.78 is 29.4. The molecule has 0 fully saturated rings. The molecule has 1 rings (SSSR count). The zero-order chi connectivity index (χ0) is 15.2. The maximum absolute atomic E-state index is 12.0. The molecule has 0 radical (unpaired) electrons. The first-order chi connectivity index (χ1) is 9.34. The van der Waals surface area contributed by atoms with Crippen molar-refractivity contribution in [1.29, 1.82) is 0 Å². The Morgan fingerprint density at radius 3 is 2.35 bits per heavy atom. The smallest absolute Gasteiger partial charge is 0.322 e. The van der Waals surface area contributed by atoms with Crippen molar-refractivity contribution in [1.82, 2.24) is 0 Å². The minimum atomic E-state index is -3.65. The summed E-state index contributed by atoms with van der Waals surface area (Å²) in [6.07, 6.45) is 0.272. The molecule has 0 aliphatic heterocycles. The van der Waals surface area contributed by atoms with E-state index in [4.69, 9.17) is 9.84 Å². The van der Waals surface area contributed by atoms with Crippen LogP contribution in [0, 0.1) is 5.92 Å². The highest BCUT2D eigenvalue weighted by Gasteiger charge is 2.34. The van der Waals surface area contributed by atoms with E-state index in [0.717, 1.165) is 0 Å². The van der Waals surface area contributed by atoms with E-state index >= 15 is 0 Å². The molecule has 1 N–H and O–H groups in total. The molecule has 0 amide bonds. The summed E-state index contributed by atoms with van der Waals surface area (Å²) in [4.78, 5) is 11.0. The van der Waals surface area contributed by atoms with E-state index in [0.29, 0.717) is 5.75 Å². The molecule has 5 nitrogen and oxygen atoms in total. The van der Waals surface area contributed by atoms with Gasteiger partial charge < -0.3 is 9.84 Å². The third-order valence-corrected chi connectivity index (χ3v) is 5.20. The van der Waals surface area contributed by atoms with Crippen LogP contribution in [-0.2, 0) is 14.6 Å². The summed E-state index contributed by atoms with van der Waals surface area (Å²) in [7, 11) is -3.65. The van der Waals surface area contributed by atoms with Crippen molar-refractivity contribution >= 4 is 15.8 Å². The van der Waals surface area contributed by atoms with Gasteiger partial charge in [-0.2, -0.15) is 0 Å². The van der Waals surface area contributed by atoms with Gasteiger partial charge in [-0.25, -0.2) is 8.42 Å². The van der Waals surface area contributed by atoms with Crippen LogP contribution in [0.2, 0.25) is 0 Å². The SMILES string of the molecule is CC(C)C(C(=O)O)S(=O)(=O)CCCOc1ccccc1. The van der Waals surface area contributed by atoms with Gasteiger partial charge in [0.05, 0.1) is 12.4 Å². The summed E-state index contributed by atoms with van der Waals surface area (Å²) in [5.74, 6) is -1.25. The standard InChI is InChI=1S/C14H20O5S/c1-11(2)13(14(15)16)20(17,18)10-6-9-19-12-7-4-3-5-8-12/h3-5,7-8,11,13H,6,9-10H2,1-2H3,(H,15,16). The average molecular weight is 300 g/mol. The van der Waals surface area contributed by atoms with Crippen LogP contribution in [0.25, 0.3) is 0 Å². The lowest BCUT2D eigenvalue weighted by Gasteiger charge is -2.16. The van der Waals surface area contributed by atoms with Gasteiger partial charge in [0.25, 0.3) is 0 Å². The van der Waals surface area contributed by atoms with Crippen molar-refractivity contribution in [3.8, 4) is 5.75 Å². The van der Waals surface area contributed by atoms with E-state index in [9.17, 15) is 13.2 Å². The summed E-state index contributed by atoms with van der Waals surface area (Å²) in [6, 6.07) is 9.07. The number of carboxylic acid groups (broad SMARTS) is 1. The Kier molecular flexibility index (Phi) is 6.01. The first kappa shape index (κ1) is 16.5. The molecule has 112 valence electrons. The van der Waals surface area contributed by atoms with Crippen LogP contribution >= 0.6 is 0 Å². The number of hydrogen-bond donors (Lipinski definition) is 1. The van der Waals surface area contributed by atoms with Gasteiger partial charge in [0, 0.05) is 0 Å². The Labute approximate surface area is 119 Å². The van der Waals surface area contributed by atoms with Crippen LogP contribution in [0.4, 0.5) is 0 Å². The van der Waals surface area contributed by atoms with Crippen molar-refractivity contribution < 1.29 is 23.1 Å². The number of aliphatic carboxylic acids is 1. The quantitative estimate of drug-likeness (QED) is 0.742. The van der Waals surface area contributed by atoms with Crippen molar-refractivity contribution in [2.45, 2.75) is 25.5 Å². The average Bonchev–Trinajstić information content (AvgIpc) is 2.34. The van der Waals surface area contributed by atoms with Crippen LogP contribution in [-0.4, -0.2) is 37.1 Å². The van der Waals surface area contributed by atoms with Crippen LogP contribution in [0.5, 0.6) is 5.75 Å². The molecule has 0 bridgehead atoms.